The Labute approximate surface area is 161 Å². The molecule has 1 aromatic carbocycles. The number of piperidine rings is 1. The standard InChI is InChI=1S/C23H31NO3/c1-3-13-10-15(13)12-24-9-8-23-16-6-7-22(2,26)21(23)27-20-18(25)5-4-14(19(20)23)11-17(16)24/h4-5,13,15-17,21,25-26H,3,6-12H2,1-2H3/t13?,15?,16-,17+,21-,22-,23-/m0/s1. The van der Waals surface area contributed by atoms with Crippen LogP contribution in [-0.2, 0) is 11.8 Å². The molecule has 1 spiro atoms. The van der Waals surface area contributed by atoms with Gasteiger partial charge in [-0.25, -0.2) is 0 Å². The Hall–Kier alpha value is -1.26. The van der Waals surface area contributed by atoms with Gasteiger partial charge in [0, 0.05) is 23.6 Å². The van der Waals surface area contributed by atoms with E-state index < -0.39 is 5.60 Å². The normalized spacial score (nSPS) is 46.7. The summed E-state index contributed by atoms with van der Waals surface area (Å²) in [4.78, 5) is 2.78. The van der Waals surface area contributed by atoms with E-state index in [1.165, 1.54) is 30.5 Å². The van der Waals surface area contributed by atoms with Gasteiger partial charge in [-0.05, 0) is 75.0 Å². The van der Waals surface area contributed by atoms with Crippen LogP contribution in [0.2, 0.25) is 0 Å². The molecule has 2 aliphatic heterocycles. The largest absolute Gasteiger partial charge is 0.504 e. The molecular formula is C23H31NO3. The van der Waals surface area contributed by atoms with Crippen molar-refractivity contribution in [3.63, 3.8) is 0 Å². The molecule has 1 saturated heterocycles. The highest BCUT2D eigenvalue weighted by atomic mass is 16.5. The predicted octanol–water partition coefficient (Wildman–Crippen LogP) is 3.23. The fourth-order valence-corrected chi connectivity index (χ4v) is 7.45. The van der Waals surface area contributed by atoms with Gasteiger partial charge in [-0.15, -0.1) is 0 Å². The van der Waals surface area contributed by atoms with Gasteiger partial charge >= 0.3 is 0 Å². The quantitative estimate of drug-likeness (QED) is 0.859. The third-order valence-electron chi connectivity index (χ3n) is 8.82. The van der Waals surface area contributed by atoms with Crippen LogP contribution in [0.1, 0.15) is 57.1 Å². The van der Waals surface area contributed by atoms with E-state index in [1.54, 1.807) is 6.07 Å². The van der Waals surface area contributed by atoms with E-state index in [4.69, 9.17) is 4.74 Å². The van der Waals surface area contributed by atoms with Crippen molar-refractivity contribution in [2.75, 3.05) is 13.1 Å². The lowest BCUT2D eigenvalue weighted by atomic mass is 9.49. The van der Waals surface area contributed by atoms with Crippen LogP contribution in [0.5, 0.6) is 11.5 Å². The van der Waals surface area contributed by atoms with E-state index in [1.807, 2.05) is 6.92 Å². The number of phenols is 1. The fourth-order valence-electron chi connectivity index (χ4n) is 7.45. The smallest absolute Gasteiger partial charge is 0.165 e. The van der Waals surface area contributed by atoms with Crippen molar-refractivity contribution in [3.05, 3.63) is 23.3 Å². The molecule has 2 bridgehead atoms. The molecule has 4 heteroatoms. The summed E-state index contributed by atoms with van der Waals surface area (Å²) < 4.78 is 6.37. The summed E-state index contributed by atoms with van der Waals surface area (Å²) in [6.07, 6.45) is 6.47. The number of rotatable bonds is 3. The van der Waals surface area contributed by atoms with Gasteiger partial charge in [0.05, 0.1) is 5.60 Å². The Balaban J connectivity index is 1.45. The Morgan fingerprint density at radius 2 is 2.11 bits per heavy atom. The average molecular weight is 370 g/mol. The third kappa shape index (κ3) is 2.01. The summed E-state index contributed by atoms with van der Waals surface area (Å²) in [7, 11) is 0. The van der Waals surface area contributed by atoms with E-state index in [2.05, 4.69) is 17.9 Å². The Morgan fingerprint density at radius 1 is 1.26 bits per heavy atom. The van der Waals surface area contributed by atoms with Gasteiger partial charge in [0.15, 0.2) is 11.5 Å². The third-order valence-corrected chi connectivity index (χ3v) is 8.82. The molecule has 2 saturated carbocycles. The molecule has 0 radical (unpaired) electrons. The van der Waals surface area contributed by atoms with Crippen LogP contribution in [0, 0.1) is 17.8 Å². The molecule has 6 rings (SSSR count). The van der Waals surface area contributed by atoms with Crippen LogP contribution in [0.25, 0.3) is 0 Å². The molecule has 3 aliphatic carbocycles. The highest BCUT2D eigenvalue weighted by Crippen LogP contribution is 2.65. The molecule has 2 N–H and O–H groups in total. The molecule has 0 aromatic heterocycles. The number of likely N-dealkylation sites (tertiary alicyclic amines) is 1. The van der Waals surface area contributed by atoms with Crippen LogP contribution in [0.4, 0.5) is 0 Å². The molecule has 0 amide bonds. The number of hydrogen-bond acceptors (Lipinski definition) is 4. The van der Waals surface area contributed by atoms with E-state index in [0.717, 1.165) is 44.1 Å². The number of aromatic hydroxyl groups is 1. The molecule has 4 nitrogen and oxygen atoms in total. The Bertz CT molecular complexity index is 805. The van der Waals surface area contributed by atoms with Crippen molar-refractivity contribution in [3.8, 4) is 11.5 Å². The van der Waals surface area contributed by atoms with Crippen LogP contribution >= 0.6 is 0 Å². The second-order valence-corrected chi connectivity index (χ2v) is 10.2. The second-order valence-electron chi connectivity index (χ2n) is 10.2. The minimum atomic E-state index is -0.826. The van der Waals surface area contributed by atoms with E-state index in [0.29, 0.717) is 17.7 Å². The van der Waals surface area contributed by atoms with Crippen molar-refractivity contribution in [1.82, 2.24) is 4.90 Å². The molecule has 146 valence electrons. The highest BCUT2D eigenvalue weighted by molar-refractivity contribution is 5.61. The summed E-state index contributed by atoms with van der Waals surface area (Å²) in [5.41, 5.74) is 1.65. The summed E-state index contributed by atoms with van der Waals surface area (Å²) >= 11 is 0. The number of hydrogen-bond donors (Lipinski definition) is 2. The number of benzene rings is 1. The van der Waals surface area contributed by atoms with E-state index in [-0.39, 0.29) is 17.3 Å². The topological polar surface area (TPSA) is 52.9 Å². The number of nitrogens with zero attached hydrogens (tertiary/aromatic N) is 1. The first-order valence-electron chi connectivity index (χ1n) is 10.9. The lowest BCUT2D eigenvalue weighted by molar-refractivity contribution is -0.151. The zero-order chi connectivity index (χ0) is 18.6. The zero-order valence-electron chi connectivity index (χ0n) is 16.4. The number of ether oxygens (including phenoxy) is 1. The van der Waals surface area contributed by atoms with Crippen molar-refractivity contribution in [2.24, 2.45) is 17.8 Å². The summed E-state index contributed by atoms with van der Waals surface area (Å²) in [6, 6.07) is 4.47. The molecular weight excluding hydrogens is 338 g/mol. The first-order chi connectivity index (χ1) is 13.0. The minimum Gasteiger partial charge on any atom is -0.504 e. The second kappa shape index (κ2) is 5.21. The highest BCUT2D eigenvalue weighted by Gasteiger charge is 2.68. The van der Waals surface area contributed by atoms with Gasteiger partial charge < -0.3 is 14.9 Å². The summed E-state index contributed by atoms with van der Waals surface area (Å²) in [5, 5.41) is 21.7. The lowest BCUT2D eigenvalue weighted by Gasteiger charge is -2.61. The first kappa shape index (κ1) is 16.7. The maximum atomic E-state index is 11.2. The zero-order valence-corrected chi connectivity index (χ0v) is 16.4. The lowest BCUT2D eigenvalue weighted by Crippen LogP contribution is -2.69. The Morgan fingerprint density at radius 3 is 2.89 bits per heavy atom. The van der Waals surface area contributed by atoms with Gasteiger partial charge in [0.1, 0.15) is 6.10 Å². The van der Waals surface area contributed by atoms with Crippen molar-refractivity contribution in [2.45, 2.75) is 75.5 Å². The van der Waals surface area contributed by atoms with Crippen molar-refractivity contribution in [1.29, 1.82) is 0 Å². The maximum absolute atomic E-state index is 11.2. The van der Waals surface area contributed by atoms with E-state index >= 15 is 0 Å². The van der Waals surface area contributed by atoms with Crippen LogP contribution in [-0.4, -0.2) is 45.9 Å². The first-order valence-corrected chi connectivity index (χ1v) is 10.9. The molecule has 5 aliphatic rings. The summed E-state index contributed by atoms with van der Waals surface area (Å²) in [6.45, 7) is 6.61. The molecule has 27 heavy (non-hydrogen) atoms. The van der Waals surface area contributed by atoms with E-state index in [9.17, 15) is 10.2 Å². The molecule has 7 atom stereocenters. The van der Waals surface area contributed by atoms with Crippen molar-refractivity contribution >= 4 is 0 Å². The fraction of sp³-hybridized carbons (Fsp3) is 0.739. The number of phenolic OH excluding ortho intramolecular Hbond substituents is 1. The molecule has 1 aromatic rings. The minimum absolute atomic E-state index is 0.113. The monoisotopic (exact) mass is 369 g/mol. The van der Waals surface area contributed by atoms with Gasteiger partial charge in [-0.2, -0.15) is 0 Å². The molecule has 3 fully saturated rings. The van der Waals surface area contributed by atoms with Crippen LogP contribution in [0.3, 0.4) is 0 Å². The van der Waals surface area contributed by atoms with Crippen LogP contribution in [0.15, 0.2) is 12.1 Å². The van der Waals surface area contributed by atoms with Gasteiger partial charge in [-0.1, -0.05) is 19.4 Å². The SMILES string of the molecule is CCC1CC1CN1CC[C@]23c4c5ccc(O)c4O[C@H]2[C@@](C)(O)CC[C@H]3[C@H]1C5. The van der Waals surface area contributed by atoms with Crippen molar-refractivity contribution < 1.29 is 14.9 Å². The number of aliphatic hydroxyl groups is 1. The molecule has 2 heterocycles. The summed E-state index contributed by atoms with van der Waals surface area (Å²) in [5.74, 6) is 3.28. The van der Waals surface area contributed by atoms with Crippen LogP contribution < -0.4 is 4.74 Å². The molecule has 2 unspecified atom stereocenters. The Kier molecular flexibility index (Phi) is 3.22. The average Bonchev–Trinajstić information content (AvgIpc) is 3.29. The van der Waals surface area contributed by atoms with Gasteiger partial charge in [0.2, 0.25) is 0 Å². The predicted molar refractivity (Wildman–Crippen MR) is 103 cm³/mol. The maximum Gasteiger partial charge on any atom is 0.165 e. The van der Waals surface area contributed by atoms with Gasteiger partial charge in [0.25, 0.3) is 0 Å². The van der Waals surface area contributed by atoms with Gasteiger partial charge in [-0.3, -0.25) is 4.90 Å².